The first-order chi connectivity index (χ1) is 5.33. The maximum atomic E-state index is 10.9. The van der Waals surface area contributed by atoms with Crippen molar-refractivity contribution in [3.8, 4) is 0 Å². The highest BCUT2D eigenvalue weighted by Crippen LogP contribution is 2.17. The van der Waals surface area contributed by atoms with Crippen molar-refractivity contribution in [3.05, 3.63) is 12.2 Å². The SMILES string of the molecule is C/C=C/CNC(=O)NC1CC1. The van der Waals surface area contributed by atoms with E-state index in [9.17, 15) is 4.79 Å². The van der Waals surface area contributed by atoms with Gasteiger partial charge in [-0.25, -0.2) is 4.79 Å². The number of hydrogen-bond acceptors (Lipinski definition) is 1. The molecule has 0 unspecified atom stereocenters. The van der Waals surface area contributed by atoms with Crippen LogP contribution < -0.4 is 10.6 Å². The molecule has 1 fully saturated rings. The van der Waals surface area contributed by atoms with Gasteiger partial charge in [0.25, 0.3) is 0 Å². The fraction of sp³-hybridized carbons (Fsp3) is 0.625. The van der Waals surface area contributed by atoms with Crippen LogP contribution >= 0.6 is 0 Å². The van der Waals surface area contributed by atoms with Crippen molar-refractivity contribution in [2.75, 3.05) is 6.54 Å². The second kappa shape index (κ2) is 4.01. The molecule has 1 aliphatic carbocycles. The number of amides is 2. The van der Waals surface area contributed by atoms with Gasteiger partial charge in [0.15, 0.2) is 0 Å². The number of hydrogen-bond donors (Lipinski definition) is 2. The van der Waals surface area contributed by atoms with E-state index in [4.69, 9.17) is 0 Å². The van der Waals surface area contributed by atoms with Gasteiger partial charge in [0.05, 0.1) is 0 Å². The van der Waals surface area contributed by atoms with E-state index in [1.807, 2.05) is 19.1 Å². The van der Waals surface area contributed by atoms with Gasteiger partial charge in [-0.15, -0.1) is 0 Å². The summed E-state index contributed by atoms with van der Waals surface area (Å²) in [7, 11) is 0. The second-order valence-corrected chi connectivity index (χ2v) is 2.70. The molecule has 11 heavy (non-hydrogen) atoms. The molecule has 2 amide bonds. The monoisotopic (exact) mass is 154 g/mol. The molecule has 1 rings (SSSR count). The predicted molar refractivity (Wildman–Crippen MR) is 44.4 cm³/mol. The standard InChI is InChI=1S/C8H14N2O/c1-2-3-6-9-8(11)10-7-4-5-7/h2-3,7H,4-6H2,1H3,(H2,9,10,11)/b3-2+. The maximum Gasteiger partial charge on any atom is 0.315 e. The van der Waals surface area contributed by atoms with Crippen LogP contribution in [0.3, 0.4) is 0 Å². The Labute approximate surface area is 66.9 Å². The summed E-state index contributed by atoms with van der Waals surface area (Å²) in [5, 5.41) is 5.55. The van der Waals surface area contributed by atoms with Crippen molar-refractivity contribution in [1.29, 1.82) is 0 Å². The fourth-order valence-corrected chi connectivity index (χ4v) is 0.734. The van der Waals surface area contributed by atoms with Crippen molar-refractivity contribution in [1.82, 2.24) is 10.6 Å². The van der Waals surface area contributed by atoms with Crippen LogP contribution in [0.25, 0.3) is 0 Å². The smallest absolute Gasteiger partial charge is 0.315 e. The van der Waals surface area contributed by atoms with Gasteiger partial charge >= 0.3 is 6.03 Å². The van der Waals surface area contributed by atoms with Gasteiger partial charge < -0.3 is 10.6 Å². The average molecular weight is 154 g/mol. The third-order valence-corrected chi connectivity index (χ3v) is 1.53. The minimum atomic E-state index is -0.0504. The number of urea groups is 1. The van der Waals surface area contributed by atoms with Crippen LogP contribution in [0.1, 0.15) is 19.8 Å². The summed E-state index contributed by atoms with van der Waals surface area (Å²) in [5.74, 6) is 0. The van der Waals surface area contributed by atoms with E-state index in [0.717, 1.165) is 12.8 Å². The summed E-state index contributed by atoms with van der Waals surface area (Å²) in [4.78, 5) is 10.9. The molecule has 0 aromatic heterocycles. The Morgan fingerprint density at radius 3 is 2.91 bits per heavy atom. The zero-order valence-electron chi connectivity index (χ0n) is 6.76. The van der Waals surface area contributed by atoms with E-state index < -0.39 is 0 Å². The molecular weight excluding hydrogens is 140 g/mol. The Balaban J connectivity index is 2.00. The summed E-state index contributed by atoms with van der Waals surface area (Å²) in [6.45, 7) is 2.55. The summed E-state index contributed by atoms with van der Waals surface area (Å²) in [5.41, 5.74) is 0. The van der Waals surface area contributed by atoms with Crippen molar-refractivity contribution in [2.24, 2.45) is 0 Å². The van der Waals surface area contributed by atoms with E-state index in [1.54, 1.807) is 0 Å². The first-order valence-corrected chi connectivity index (χ1v) is 3.98. The summed E-state index contributed by atoms with van der Waals surface area (Å²) < 4.78 is 0. The molecule has 0 aromatic carbocycles. The Kier molecular flexibility index (Phi) is 2.95. The van der Waals surface area contributed by atoms with Gasteiger partial charge in [0.1, 0.15) is 0 Å². The molecule has 0 aliphatic heterocycles. The van der Waals surface area contributed by atoms with Crippen LogP contribution in [0, 0.1) is 0 Å². The highest BCUT2D eigenvalue weighted by atomic mass is 16.2. The molecule has 3 heteroatoms. The highest BCUT2D eigenvalue weighted by Gasteiger charge is 2.22. The lowest BCUT2D eigenvalue weighted by atomic mass is 10.5. The van der Waals surface area contributed by atoms with Crippen molar-refractivity contribution < 1.29 is 4.79 Å². The topological polar surface area (TPSA) is 41.1 Å². The van der Waals surface area contributed by atoms with Gasteiger partial charge in [-0.05, 0) is 19.8 Å². The predicted octanol–water partition coefficient (Wildman–Crippen LogP) is 1.02. The van der Waals surface area contributed by atoms with Crippen LogP contribution in [0.4, 0.5) is 4.79 Å². The third kappa shape index (κ3) is 3.65. The van der Waals surface area contributed by atoms with Gasteiger partial charge in [-0.3, -0.25) is 0 Å². The van der Waals surface area contributed by atoms with E-state index in [0.29, 0.717) is 12.6 Å². The molecule has 0 spiro atoms. The number of allylic oxidation sites excluding steroid dienone is 1. The molecule has 1 aliphatic rings. The number of carbonyl (C=O) groups is 1. The number of nitrogens with one attached hydrogen (secondary N) is 2. The Hall–Kier alpha value is -0.990. The molecule has 0 heterocycles. The van der Waals surface area contributed by atoms with Crippen LogP contribution in [-0.4, -0.2) is 18.6 Å². The molecule has 62 valence electrons. The molecule has 0 radical (unpaired) electrons. The minimum absolute atomic E-state index is 0.0504. The summed E-state index contributed by atoms with van der Waals surface area (Å²) >= 11 is 0. The molecule has 0 aromatic rings. The highest BCUT2D eigenvalue weighted by molar-refractivity contribution is 5.74. The normalized spacial score (nSPS) is 16.8. The van der Waals surface area contributed by atoms with E-state index in [2.05, 4.69) is 10.6 Å². The largest absolute Gasteiger partial charge is 0.335 e. The van der Waals surface area contributed by atoms with Crippen molar-refractivity contribution in [2.45, 2.75) is 25.8 Å². The van der Waals surface area contributed by atoms with Gasteiger partial charge in [-0.1, -0.05) is 12.2 Å². The minimum Gasteiger partial charge on any atom is -0.335 e. The average Bonchev–Trinajstić information content (AvgIpc) is 2.72. The van der Waals surface area contributed by atoms with Crippen molar-refractivity contribution in [3.63, 3.8) is 0 Å². The van der Waals surface area contributed by atoms with Crippen LogP contribution in [0.2, 0.25) is 0 Å². The number of carbonyl (C=O) groups excluding carboxylic acids is 1. The van der Waals surface area contributed by atoms with Gasteiger partial charge in [-0.2, -0.15) is 0 Å². The zero-order chi connectivity index (χ0) is 8.10. The van der Waals surface area contributed by atoms with Gasteiger partial charge in [0.2, 0.25) is 0 Å². The number of rotatable bonds is 3. The molecule has 0 atom stereocenters. The second-order valence-electron chi connectivity index (χ2n) is 2.70. The van der Waals surface area contributed by atoms with E-state index in [-0.39, 0.29) is 6.03 Å². The molecular formula is C8H14N2O. The van der Waals surface area contributed by atoms with Crippen LogP contribution in [-0.2, 0) is 0 Å². The third-order valence-electron chi connectivity index (χ3n) is 1.53. The maximum absolute atomic E-state index is 10.9. The lowest BCUT2D eigenvalue weighted by Crippen LogP contribution is -2.36. The molecule has 0 bridgehead atoms. The van der Waals surface area contributed by atoms with Crippen molar-refractivity contribution >= 4 is 6.03 Å². The molecule has 3 nitrogen and oxygen atoms in total. The molecule has 1 saturated carbocycles. The first-order valence-electron chi connectivity index (χ1n) is 3.98. The van der Waals surface area contributed by atoms with Crippen LogP contribution in [0.5, 0.6) is 0 Å². The quantitative estimate of drug-likeness (QED) is 0.585. The fourth-order valence-electron chi connectivity index (χ4n) is 0.734. The Bertz CT molecular complexity index is 161. The summed E-state index contributed by atoms with van der Waals surface area (Å²) in [6, 6.07) is 0.395. The molecule has 2 N–H and O–H groups in total. The Morgan fingerprint density at radius 1 is 1.64 bits per heavy atom. The Morgan fingerprint density at radius 2 is 2.36 bits per heavy atom. The zero-order valence-corrected chi connectivity index (χ0v) is 6.76. The van der Waals surface area contributed by atoms with Gasteiger partial charge in [0, 0.05) is 12.6 Å². The van der Waals surface area contributed by atoms with Crippen LogP contribution in [0.15, 0.2) is 12.2 Å². The van der Waals surface area contributed by atoms with E-state index >= 15 is 0 Å². The first kappa shape index (κ1) is 8.11. The van der Waals surface area contributed by atoms with E-state index in [1.165, 1.54) is 0 Å². The lowest BCUT2D eigenvalue weighted by Gasteiger charge is -2.02. The summed E-state index contributed by atoms with van der Waals surface area (Å²) in [6.07, 6.45) is 6.10. The molecule has 0 saturated heterocycles. The lowest BCUT2D eigenvalue weighted by molar-refractivity contribution is 0.241.